The van der Waals surface area contributed by atoms with E-state index in [0.717, 1.165) is 17.0 Å². The maximum absolute atomic E-state index is 12.3. The lowest BCUT2D eigenvalue weighted by Gasteiger charge is -2.14. The quantitative estimate of drug-likeness (QED) is 0.625. The Kier molecular flexibility index (Phi) is 6.13. The summed E-state index contributed by atoms with van der Waals surface area (Å²) in [6.45, 7) is 3.72. The fourth-order valence-corrected chi connectivity index (χ4v) is 2.17. The van der Waals surface area contributed by atoms with E-state index in [1.807, 2.05) is 56.3 Å². The lowest BCUT2D eigenvalue weighted by atomic mass is 10.1. The molecule has 6 heteroatoms. The molecule has 2 aromatic rings. The van der Waals surface area contributed by atoms with Crippen LogP contribution in [0.1, 0.15) is 24.2 Å². The molecule has 0 spiro atoms. The van der Waals surface area contributed by atoms with Gasteiger partial charge in [-0.1, -0.05) is 18.2 Å². The second-order valence-electron chi connectivity index (χ2n) is 5.45. The van der Waals surface area contributed by atoms with E-state index in [0.29, 0.717) is 5.82 Å². The Hall–Kier alpha value is -3.33. The SMILES string of the molecule is COc1ccc(C(C)NC(=O)/C(C#N)=C\Nc2cccc(C)n2)cc1. The van der Waals surface area contributed by atoms with Gasteiger partial charge in [0.25, 0.3) is 5.91 Å². The molecule has 0 aliphatic carbocycles. The number of aryl methyl sites for hydroxylation is 1. The summed E-state index contributed by atoms with van der Waals surface area (Å²) in [6.07, 6.45) is 1.36. The van der Waals surface area contributed by atoms with E-state index < -0.39 is 5.91 Å². The Balaban J connectivity index is 2.03. The second-order valence-corrected chi connectivity index (χ2v) is 5.45. The summed E-state index contributed by atoms with van der Waals surface area (Å²) in [5.74, 6) is 0.865. The highest BCUT2D eigenvalue weighted by atomic mass is 16.5. The summed E-state index contributed by atoms with van der Waals surface area (Å²) in [4.78, 5) is 16.5. The van der Waals surface area contributed by atoms with Gasteiger partial charge in [-0.25, -0.2) is 4.98 Å². The highest BCUT2D eigenvalue weighted by Gasteiger charge is 2.14. The van der Waals surface area contributed by atoms with Crippen LogP contribution in [0.25, 0.3) is 0 Å². The van der Waals surface area contributed by atoms with Crippen molar-refractivity contribution in [3.63, 3.8) is 0 Å². The smallest absolute Gasteiger partial charge is 0.263 e. The number of carbonyl (C=O) groups excluding carboxylic acids is 1. The number of hydrogen-bond donors (Lipinski definition) is 2. The molecule has 0 saturated heterocycles. The number of nitrogens with one attached hydrogen (secondary N) is 2. The van der Waals surface area contributed by atoms with Crippen LogP contribution in [0.4, 0.5) is 5.82 Å². The van der Waals surface area contributed by atoms with Crippen molar-refractivity contribution >= 4 is 11.7 Å². The number of methoxy groups -OCH3 is 1. The van der Waals surface area contributed by atoms with E-state index in [2.05, 4.69) is 15.6 Å². The first kappa shape index (κ1) is 18.0. The number of aromatic nitrogens is 1. The first-order valence-corrected chi connectivity index (χ1v) is 7.78. The molecule has 1 unspecified atom stereocenters. The van der Waals surface area contributed by atoms with E-state index in [4.69, 9.17) is 4.74 Å². The number of benzene rings is 1. The van der Waals surface area contributed by atoms with Gasteiger partial charge >= 0.3 is 0 Å². The van der Waals surface area contributed by atoms with Crippen LogP contribution in [0, 0.1) is 18.3 Å². The number of hydrogen-bond acceptors (Lipinski definition) is 5. The molecule has 1 amide bonds. The van der Waals surface area contributed by atoms with E-state index in [1.54, 1.807) is 13.2 Å². The summed E-state index contributed by atoms with van der Waals surface area (Å²) in [7, 11) is 1.60. The Labute approximate surface area is 147 Å². The van der Waals surface area contributed by atoms with Crippen LogP contribution in [0.15, 0.2) is 54.2 Å². The maximum Gasteiger partial charge on any atom is 0.263 e. The molecule has 0 saturated carbocycles. The maximum atomic E-state index is 12.3. The van der Waals surface area contributed by atoms with Gasteiger partial charge in [0.05, 0.1) is 13.2 Å². The summed E-state index contributed by atoms with van der Waals surface area (Å²) in [6, 6.07) is 14.5. The molecule has 2 N–H and O–H groups in total. The first-order valence-electron chi connectivity index (χ1n) is 7.78. The molecule has 1 aromatic carbocycles. The van der Waals surface area contributed by atoms with Crippen molar-refractivity contribution in [1.82, 2.24) is 10.3 Å². The topological polar surface area (TPSA) is 87.0 Å². The second kappa shape index (κ2) is 8.50. The molecule has 0 aliphatic rings. The molecule has 128 valence electrons. The molecule has 1 heterocycles. The third-order valence-corrected chi connectivity index (χ3v) is 3.58. The number of rotatable bonds is 6. The van der Waals surface area contributed by atoms with Crippen molar-refractivity contribution < 1.29 is 9.53 Å². The average molecular weight is 336 g/mol. The molecule has 6 nitrogen and oxygen atoms in total. The van der Waals surface area contributed by atoms with Crippen molar-refractivity contribution in [2.75, 3.05) is 12.4 Å². The van der Waals surface area contributed by atoms with Crippen LogP contribution in [0.5, 0.6) is 5.75 Å². The molecule has 0 bridgehead atoms. The number of pyridine rings is 1. The first-order chi connectivity index (χ1) is 12.0. The zero-order chi connectivity index (χ0) is 18.2. The molecule has 2 rings (SSSR count). The predicted molar refractivity (Wildman–Crippen MR) is 95.8 cm³/mol. The molecule has 1 atom stereocenters. The lowest BCUT2D eigenvalue weighted by molar-refractivity contribution is -0.117. The fraction of sp³-hybridized carbons (Fsp3) is 0.211. The van der Waals surface area contributed by atoms with Gasteiger partial charge in [0.2, 0.25) is 0 Å². The number of nitriles is 1. The fourth-order valence-electron chi connectivity index (χ4n) is 2.17. The zero-order valence-electron chi connectivity index (χ0n) is 14.4. The Morgan fingerprint density at radius 1 is 1.28 bits per heavy atom. The van der Waals surface area contributed by atoms with Crippen LogP contribution in [0.2, 0.25) is 0 Å². The normalized spacial score (nSPS) is 12.0. The number of anilines is 1. The third kappa shape index (κ3) is 5.08. The van der Waals surface area contributed by atoms with Crippen LogP contribution < -0.4 is 15.4 Å². The Morgan fingerprint density at radius 2 is 2.00 bits per heavy atom. The predicted octanol–water partition coefficient (Wildman–Crippen LogP) is 3.10. The van der Waals surface area contributed by atoms with E-state index in [1.165, 1.54) is 6.20 Å². The molecular formula is C19H20N4O2. The highest BCUT2D eigenvalue weighted by Crippen LogP contribution is 2.17. The van der Waals surface area contributed by atoms with E-state index in [-0.39, 0.29) is 11.6 Å². The van der Waals surface area contributed by atoms with Crippen LogP contribution in [-0.2, 0) is 4.79 Å². The summed E-state index contributed by atoms with van der Waals surface area (Å²) < 4.78 is 5.11. The minimum absolute atomic E-state index is 0.0244. The van der Waals surface area contributed by atoms with Gasteiger partial charge in [0, 0.05) is 11.9 Å². The van der Waals surface area contributed by atoms with Gasteiger partial charge in [0.15, 0.2) is 0 Å². The Bertz CT molecular complexity index is 807. The van der Waals surface area contributed by atoms with Crippen LogP contribution in [-0.4, -0.2) is 18.0 Å². The van der Waals surface area contributed by atoms with Gasteiger partial charge < -0.3 is 15.4 Å². The third-order valence-electron chi connectivity index (χ3n) is 3.58. The van der Waals surface area contributed by atoms with Gasteiger partial charge in [-0.15, -0.1) is 0 Å². The van der Waals surface area contributed by atoms with E-state index >= 15 is 0 Å². The molecule has 0 fully saturated rings. The summed E-state index contributed by atoms with van der Waals surface area (Å²) in [5, 5.41) is 14.9. The van der Waals surface area contributed by atoms with Crippen molar-refractivity contribution in [3.05, 3.63) is 65.5 Å². The number of amides is 1. The monoisotopic (exact) mass is 336 g/mol. The van der Waals surface area contributed by atoms with E-state index in [9.17, 15) is 10.1 Å². The zero-order valence-corrected chi connectivity index (χ0v) is 14.4. The standard InChI is InChI=1S/C19H20N4O2/c1-13-5-4-6-18(22-13)21-12-16(11-20)19(24)23-14(2)15-7-9-17(25-3)10-8-15/h4-10,12,14H,1-3H3,(H,21,22)(H,23,24)/b16-12-. The molecule has 1 aromatic heterocycles. The van der Waals surface area contributed by atoms with Crippen LogP contribution >= 0.6 is 0 Å². The van der Waals surface area contributed by atoms with Gasteiger partial charge in [-0.3, -0.25) is 4.79 Å². The van der Waals surface area contributed by atoms with Crippen molar-refractivity contribution in [2.45, 2.75) is 19.9 Å². The minimum Gasteiger partial charge on any atom is -0.497 e. The average Bonchev–Trinajstić information content (AvgIpc) is 2.62. The van der Waals surface area contributed by atoms with Crippen molar-refractivity contribution in [2.24, 2.45) is 0 Å². The number of ether oxygens (including phenoxy) is 1. The molecule has 25 heavy (non-hydrogen) atoms. The molecular weight excluding hydrogens is 316 g/mol. The van der Waals surface area contributed by atoms with Gasteiger partial charge in [-0.05, 0) is 43.7 Å². The lowest BCUT2D eigenvalue weighted by Crippen LogP contribution is -2.28. The molecule has 0 aliphatic heterocycles. The molecule has 0 radical (unpaired) electrons. The van der Waals surface area contributed by atoms with Gasteiger partial charge in [-0.2, -0.15) is 5.26 Å². The number of carbonyl (C=O) groups is 1. The van der Waals surface area contributed by atoms with Gasteiger partial charge in [0.1, 0.15) is 23.2 Å². The highest BCUT2D eigenvalue weighted by molar-refractivity contribution is 5.97. The summed E-state index contributed by atoms with van der Waals surface area (Å²) >= 11 is 0. The summed E-state index contributed by atoms with van der Waals surface area (Å²) in [5.41, 5.74) is 1.73. The minimum atomic E-state index is -0.453. The number of nitrogens with zero attached hydrogens (tertiary/aromatic N) is 2. The largest absolute Gasteiger partial charge is 0.497 e. The van der Waals surface area contributed by atoms with Crippen molar-refractivity contribution in [1.29, 1.82) is 5.26 Å². The Morgan fingerprint density at radius 3 is 2.60 bits per heavy atom. The van der Waals surface area contributed by atoms with Crippen molar-refractivity contribution in [3.8, 4) is 11.8 Å². The van der Waals surface area contributed by atoms with Crippen LogP contribution in [0.3, 0.4) is 0 Å².